The fourth-order valence-corrected chi connectivity index (χ4v) is 4.01. The topological polar surface area (TPSA) is 67.2 Å². The van der Waals surface area contributed by atoms with E-state index in [-0.39, 0.29) is 11.8 Å². The van der Waals surface area contributed by atoms with Crippen molar-refractivity contribution in [3.8, 4) is 0 Å². The number of nitrogens with one attached hydrogen (secondary N) is 1. The fraction of sp³-hybridized carbons (Fsp3) is 0.160. The highest BCUT2D eigenvalue weighted by atomic mass is 16.2. The van der Waals surface area contributed by atoms with Crippen molar-refractivity contribution in [2.24, 2.45) is 0 Å². The summed E-state index contributed by atoms with van der Waals surface area (Å²) in [7, 11) is 0. The van der Waals surface area contributed by atoms with E-state index in [9.17, 15) is 9.59 Å². The number of nitrogens with zero attached hydrogens (tertiary/aromatic N) is 3. The van der Waals surface area contributed by atoms with Gasteiger partial charge in [-0.05, 0) is 48.4 Å². The van der Waals surface area contributed by atoms with Crippen LogP contribution in [0.15, 0.2) is 72.8 Å². The Morgan fingerprint density at radius 3 is 2.65 bits per heavy atom. The lowest BCUT2D eigenvalue weighted by Gasteiger charge is -2.27. The Bertz CT molecular complexity index is 1290. The number of carbonyl (C=O) groups is 2. The molecule has 0 bridgehead atoms. The van der Waals surface area contributed by atoms with Crippen molar-refractivity contribution in [3.05, 3.63) is 95.3 Å². The molecule has 1 aliphatic heterocycles. The van der Waals surface area contributed by atoms with E-state index >= 15 is 0 Å². The molecular weight excluding hydrogens is 388 g/mol. The Labute approximate surface area is 180 Å². The van der Waals surface area contributed by atoms with Gasteiger partial charge in [0.25, 0.3) is 11.8 Å². The summed E-state index contributed by atoms with van der Waals surface area (Å²) in [5, 5.41) is 2.92. The molecule has 0 radical (unpaired) electrons. The molecule has 154 valence electrons. The van der Waals surface area contributed by atoms with Crippen LogP contribution in [0, 0.1) is 6.92 Å². The van der Waals surface area contributed by atoms with Crippen LogP contribution in [0.1, 0.15) is 32.1 Å². The minimum Gasteiger partial charge on any atom is -0.330 e. The summed E-state index contributed by atoms with van der Waals surface area (Å²) in [4.78, 5) is 32.2. The quantitative estimate of drug-likeness (QED) is 0.547. The van der Waals surface area contributed by atoms with Gasteiger partial charge in [-0.2, -0.15) is 0 Å². The van der Waals surface area contributed by atoms with E-state index in [1.54, 1.807) is 12.1 Å². The molecular formula is C25H22N4O2. The Hall–Kier alpha value is -3.93. The first-order chi connectivity index (χ1) is 15.1. The Kier molecular flexibility index (Phi) is 4.75. The number of fused-ring (bicyclic) bond motifs is 3. The standard InChI is InChI=1S/C25H22N4O2/c1-17-6-5-9-20(14-17)26-24(30)19-10-11-22-21(15-19)27-23-25(31)28(12-13-29(22)23)16-18-7-3-2-4-8-18/h2-11,14-15H,12-13,16H2,1H3,(H,26,30). The Morgan fingerprint density at radius 2 is 1.84 bits per heavy atom. The lowest BCUT2D eigenvalue weighted by molar-refractivity contribution is 0.0685. The van der Waals surface area contributed by atoms with Crippen LogP contribution in [0.5, 0.6) is 0 Å². The molecule has 4 aromatic rings. The molecule has 0 spiro atoms. The smallest absolute Gasteiger partial charge is 0.290 e. The number of rotatable bonds is 4. The summed E-state index contributed by atoms with van der Waals surface area (Å²) < 4.78 is 1.95. The number of carbonyl (C=O) groups excluding carboxylic acids is 2. The van der Waals surface area contributed by atoms with E-state index in [1.165, 1.54) is 0 Å². The third-order valence-electron chi connectivity index (χ3n) is 5.57. The maximum Gasteiger partial charge on any atom is 0.290 e. The molecule has 0 aliphatic carbocycles. The highest BCUT2D eigenvalue weighted by Crippen LogP contribution is 2.23. The molecule has 0 atom stereocenters. The van der Waals surface area contributed by atoms with Crippen LogP contribution in [0.2, 0.25) is 0 Å². The number of benzene rings is 3. The zero-order chi connectivity index (χ0) is 21.4. The van der Waals surface area contributed by atoms with Crippen molar-refractivity contribution in [1.29, 1.82) is 0 Å². The van der Waals surface area contributed by atoms with Gasteiger partial charge < -0.3 is 14.8 Å². The number of hydrogen-bond acceptors (Lipinski definition) is 3. The molecule has 1 aromatic heterocycles. The molecule has 3 aromatic carbocycles. The third kappa shape index (κ3) is 3.68. The number of hydrogen-bond donors (Lipinski definition) is 1. The lowest BCUT2D eigenvalue weighted by Crippen LogP contribution is -2.39. The van der Waals surface area contributed by atoms with Gasteiger partial charge in [-0.3, -0.25) is 9.59 Å². The van der Waals surface area contributed by atoms with E-state index in [2.05, 4.69) is 10.3 Å². The van der Waals surface area contributed by atoms with Gasteiger partial charge >= 0.3 is 0 Å². The predicted octanol–water partition coefficient (Wildman–Crippen LogP) is 4.25. The molecule has 2 amide bonds. The second-order valence-corrected chi connectivity index (χ2v) is 7.83. The van der Waals surface area contributed by atoms with Gasteiger partial charge in [0.1, 0.15) is 0 Å². The minimum atomic E-state index is -0.199. The van der Waals surface area contributed by atoms with Crippen LogP contribution in [0.3, 0.4) is 0 Å². The highest BCUT2D eigenvalue weighted by molar-refractivity contribution is 6.06. The summed E-state index contributed by atoms with van der Waals surface area (Å²) in [5.41, 5.74) is 4.96. The number of amides is 2. The predicted molar refractivity (Wildman–Crippen MR) is 120 cm³/mol. The average Bonchev–Trinajstić information content (AvgIpc) is 3.15. The molecule has 0 saturated carbocycles. The van der Waals surface area contributed by atoms with Gasteiger partial charge in [-0.15, -0.1) is 0 Å². The molecule has 5 rings (SSSR count). The minimum absolute atomic E-state index is 0.0861. The van der Waals surface area contributed by atoms with Gasteiger partial charge in [-0.25, -0.2) is 4.98 Å². The molecule has 0 fully saturated rings. The van der Waals surface area contributed by atoms with Crippen molar-refractivity contribution in [3.63, 3.8) is 0 Å². The molecule has 1 aliphatic rings. The van der Waals surface area contributed by atoms with Gasteiger partial charge in [-0.1, -0.05) is 42.5 Å². The summed E-state index contributed by atoms with van der Waals surface area (Å²) in [6, 6.07) is 23.0. The van der Waals surface area contributed by atoms with Crippen molar-refractivity contribution in [2.75, 3.05) is 11.9 Å². The maximum absolute atomic E-state index is 13.0. The highest BCUT2D eigenvalue weighted by Gasteiger charge is 2.28. The lowest BCUT2D eigenvalue weighted by atomic mass is 10.1. The van der Waals surface area contributed by atoms with Crippen LogP contribution < -0.4 is 5.32 Å². The van der Waals surface area contributed by atoms with Gasteiger partial charge in [0, 0.05) is 30.9 Å². The van der Waals surface area contributed by atoms with Crippen LogP contribution in [-0.4, -0.2) is 32.8 Å². The zero-order valence-corrected chi connectivity index (χ0v) is 17.2. The molecule has 0 unspecified atom stereocenters. The van der Waals surface area contributed by atoms with Crippen LogP contribution in [-0.2, 0) is 13.1 Å². The van der Waals surface area contributed by atoms with Crippen molar-refractivity contribution in [1.82, 2.24) is 14.5 Å². The zero-order valence-electron chi connectivity index (χ0n) is 17.2. The fourth-order valence-electron chi connectivity index (χ4n) is 4.01. The second-order valence-electron chi connectivity index (χ2n) is 7.83. The first-order valence-corrected chi connectivity index (χ1v) is 10.3. The van der Waals surface area contributed by atoms with Gasteiger partial charge in [0.15, 0.2) is 5.82 Å². The average molecular weight is 410 g/mol. The monoisotopic (exact) mass is 410 g/mol. The normalized spacial score (nSPS) is 13.3. The van der Waals surface area contributed by atoms with E-state index < -0.39 is 0 Å². The number of imidazole rings is 1. The molecule has 1 N–H and O–H groups in total. The molecule has 0 saturated heterocycles. The van der Waals surface area contributed by atoms with Crippen molar-refractivity contribution < 1.29 is 9.59 Å². The van der Waals surface area contributed by atoms with Crippen molar-refractivity contribution in [2.45, 2.75) is 20.0 Å². The maximum atomic E-state index is 13.0. The number of anilines is 1. The summed E-state index contributed by atoms with van der Waals surface area (Å²) in [5.74, 6) is 0.140. The van der Waals surface area contributed by atoms with Crippen molar-refractivity contribution >= 4 is 28.5 Å². The van der Waals surface area contributed by atoms with Gasteiger partial charge in [0.05, 0.1) is 11.0 Å². The molecule has 2 heterocycles. The summed E-state index contributed by atoms with van der Waals surface area (Å²) in [6.45, 7) is 3.85. The molecule has 31 heavy (non-hydrogen) atoms. The second kappa shape index (κ2) is 7.72. The summed E-state index contributed by atoms with van der Waals surface area (Å²) in [6.07, 6.45) is 0. The van der Waals surface area contributed by atoms with E-state index in [4.69, 9.17) is 0 Å². The largest absolute Gasteiger partial charge is 0.330 e. The third-order valence-corrected chi connectivity index (χ3v) is 5.57. The first-order valence-electron chi connectivity index (χ1n) is 10.3. The van der Waals surface area contributed by atoms with Crippen LogP contribution in [0.4, 0.5) is 5.69 Å². The van der Waals surface area contributed by atoms with Gasteiger partial charge in [0.2, 0.25) is 0 Å². The van der Waals surface area contributed by atoms with Crippen LogP contribution in [0.25, 0.3) is 11.0 Å². The molecule has 6 heteroatoms. The van der Waals surface area contributed by atoms with E-state index in [0.717, 1.165) is 22.3 Å². The first kappa shape index (κ1) is 19.1. The number of aromatic nitrogens is 2. The Balaban J connectivity index is 1.40. The number of aryl methyl sites for hydroxylation is 1. The SMILES string of the molecule is Cc1cccc(NC(=O)c2ccc3c(c2)nc2n3CCN(Cc3ccccc3)C2=O)c1. The molecule has 6 nitrogen and oxygen atoms in total. The van der Waals surface area contributed by atoms with Crippen LogP contribution >= 0.6 is 0 Å². The Morgan fingerprint density at radius 1 is 1.00 bits per heavy atom. The van der Waals surface area contributed by atoms with E-state index in [0.29, 0.717) is 36.5 Å². The van der Waals surface area contributed by atoms with E-state index in [1.807, 2.05) is 77.1 Å². The summed E-state index contributed by atoms with van der Waals surface area (Å²) >= 11 is 0.